The van der Waals surface area contributed by atoms with Gasteiger partial charge in [-0.25, -0.2) is 9.37 Å². The number of anilines is 1. The molecule has 1 amide bonds. The fraction of sp³-hybridized carbons (Fsp3) is 0.222. The van der Waals surface area contributed by atoms with Crippen molar-refractivity contribution in [3.63, 3.8) is 0 Å². The Morgan fingerprint density at radius 2 is 1.81 bits per heavy atom. The summed E-state index contributed by atoms with van der Waals surface area (Å²) in [5.74, 6) is -0.688. The zero-order valence-electron chi connectivity index (χ0n) is 14.6. The lowest BCUT2D eigenvalue weighted by molar-refractivity contribution is 0.0985. The van der Waals surface area contributed by atoms with Crippen molar-refractivity contribution in [3.05, 3.63) is 57.8 Å². The van der Waals surface area contributed by atoms with Crippen molar-refractivity contribution in [2.45, 2.75) is 0 Å². The highest BCUT2D eigenvalue weighted by molar-refractivity contribution is 7.22. The number of hydrogen-bond acceptors (Lipinski definition) is 4. The van der Waals surface area contributed by atoms with Gasteiger partial charge < -0.3 is 4.90 Å². The molecule has 0 atom stereocenters. The molecule has 9 heteroatoms. The fourth-order valence-corrected chi connectivity index (χ4v) is 3.97. The zero-order valence-corrected chi connectivity index (χ0v) is 17.7. The number of thiazole rings is 1. The number of carbonyl (C=O) groups excluding carboxylic acids is 1. The molecule has 3 rings (SSSR count). The van der Waals surface area contributed by atoms with Crippen LogP contribution in [0.2, 0.25) is 10.0 Å². The van der Waals surface area contributed by atoms with E-state index in [0.717, 1.165) is 0 Å². The largest absolute Gasteiger partial charge is 0.308 e. The molecule has 2 aromatic carbocycles. The van der Waals surface area contributed by atoms with Gasteiger partial charge in [0.15, 0.2) is 5.13 Å². The second-order valence-corrected chi connectivity index (χ2v) is 7.88. The van der Waals surface area contributed by atoms with E-state index in [-0.39, 0.29) is 23.8 Å². The van der Waals surface area contributed by atoms with Crippen LogP contribution in [0.4, 0.5) is 9.52 Å². The highest BCUT2D eigenvalue weighted by atomic mass is 35.5. The molecule has 0 aliphatic carbocycles. The minimum absolute atomic E-state index is 0. The number of fused-ring (bicyclic) bond motifs is 1. The SMILES string of the molecule is CN(C)CCN(C(=O)c1cc(Cl)cc(Cl)c1)c1nc2c(F)cccc2s1.Cl. The second kappa shape index (κ2) is 9.17. The maximum atomic E-state index is 14.0. The summed E-state index contributed by atoms with van der Waals surface area (Å²) in [6.45, 7) is 1.02. The summed E-state index contributed by atoms with van der Waals surface area (Å²) in [5.41, 5.74) is 0.625. The predicted molar refractivity (Wildman–Crippen MR) is 114 cm³/mol. The van der Waals surface area contributed by atoms with Crippen molar-refractivity contribution in [1.82, 2.24) is 9.88 Å². The maximum Gasteiger partial charge on any atom is 0.260 e. The molecule has 0 unspecified atom stereocenters. The van der Waals surface area contributed by atoms with Crippen LogP contribution < -0.4 is 4.90 Å². The molecule has 144 valence electrons. The van der Waals surface area contributed by atoms with Crippen LogP contribution in [0, 0.1) is 5.82 Å². The number of nitrogens with zero attached hydrogens (tertiary/aromatic N) is 3. The van der Waals surface area contributed by atoms with Crippen LogP contribution in [0.25, 0.3) is 10.2 Å². The van der Waals surface area contributed by atoms with Gasteiger partial charge in [-0.15, -0.1) is 12.4 Å². The van der Waals surface area contributed by atoms with Crippen molar-refractivity contribution in [2.24, 2.45) is 0 Å². The standard InChI is InChI=1S/C18H16Cl2FN3OS.ClH/c1-23(2)6-7-24(17(25)11-8-12(19)10-13(20)9-11)18-22-16-14(21)4-3-5-15(16)26-18;/h3-5,8-10H,6-7H2,1-2H3;1H. The molecule has 0 aliphatic heterocycles. The first kappa shape index (κ1) is 21.9. The third-order valence-corrected chi connectivity index (χ3v) is 5.19. The first-order chi connectivity index (χ1) is 12.3. The van der Waals surface area contributed by atoms with Crippen molar-refractivity contribution in [3.8, 4) is 0 Å². The minimum atomic E-state index is -0.407. The lowest BCUT2D eigenvalue weighted by Crippen LogP contribution is -2.36. The van der Waals surface area contributed by atoms with Crippen molar-refractivity contribution in [1.29, 1.82) is 0 Å². The molecular weight excluding hydrogens is 432 g/mol. The first-order valence-electron chi connectivity index (χ1n) is 7.83. The molecule has 0 saturated heterocycles. The Morgan fingerprint density at radius 1 is 1.15 bits per heavy atom. The molecule has 0 radical (unpaired) electrons. The third kappa shape index (κ3) is 5.09. The van der Waals surface area contributed by atoms with Gasteiger partial charge in [-0.1, -0.05) is 40.6 Å². The van der Waals surface area contributed by atoms with Gasteiger partial charge in [0.25, 0.3) is 5.91 Å². The number of likely N-dealkylation sites (N-methyl/N-ethyl adjacent to an activating group) is 1. The van der Waals surface area contributed by atoms with Crippen LogP contribution in [0.1, 0.15) is 10.4 Å². The highest BCUT2D eigenvalue weighted by Gasteiger charge is 2.22. The van der Waals surface area contributed by atoms with Gasteiger partial charge in [0, 0.05) is 28.7 Å². The molecule has 0 bridgehead atoms. The monoisotopic (exact) mass is 447 g/mol. The Labute approximate surface area is 176 Å². The van der Waals surface area contributed by atoms with Crippen LogP contribution in [0.3, 0.4) is 0 Å². The number of aromatic nitrogens is 1. The summed E-state index contributed by atoms with van der Waals surface area (Å²) in [5, 5.41) is 1.19. The maximum absolute atomic E-state index is 14.0. The van der Waals surface area contributed by atoms with Gasteiger partial charge >= 0.3 is 0 Å². The Kier molecular flexibility index (Phi) is 7.42. The molecule has 27 heavy (non-hydrogen) atoms. The van der Waals surface area contributed by atoms with E-state index in [9.17, 15) is 9.18 Å². The van der Waals surface area contributed by atoms with E-state index in [1.807, 2.05) is 19.0 Å². The molecule has 0 fully saturated rings. The number of amides is 1. The van der Waals surface area contributed by atoms with E-state index < -0.39 is 5.82 Å². The first-order valence-corrected chi connectivity index (χ1v) is 9.40. The molecule has 3 aromatic rings. The molecule has 0 aliphatic rings. The summed E-state index contributed by atoms with van der Waals surface area (Å²) in [6, 6.07) is 9.46. The number of benzene rings is 2. The van der Waals surface area contributed by atoms with E-state index in [1.165, 1.54) is 22.3 Å². The molecule has 1 heterocycles. The van der Waals surface area contributed by atoms with Gasteiger partial charge in [0.2, 0.25) is 0 Å². The Morgan fingerprint density at radius 3 is 2.41 bits per heavy atom. The van der Waals surface area contributed by atoms with Crippen LogP contribution in [0.5, 0.6) is 0 Å². The molecule has 0 saturated carbocycles. The summed E-state index contributed by atoms with van der Waals surface area (Å²) < 4.78 is 14.7. The Hall–Kier alpha value is -1.44. The number of hydrogen-bond donors (Lipinski definition) is 0. The van der Waals surface area contributed by atoms with E-state index in [1.54, 1.807) is 30.3 Å². The smallest absolute Gasteiger partial charge is 0.260 e. The van der Waals surface area contributed by atoms with Gasteiger partial charge in [-0.05, 0) is 44.4 Å². The van der Waals surface area contributed by atoms with E-state index in [2.05, 4.69) is 4.98 Å². The van der Waals surface area contributed by atoms with Crippen molar-refractivity contribution >= 4 is 68.2 Å². The molecular formula is C18H17Cl3FN3OS. The zero-order chi connectivity index (χ0) is 18.8. The number of rotatable bonds is 5. The van der Waals surface area contributed by atoms with Crippen LogP contribution in [-0.4, -0.2) is 43.0 Å². The average Bonchev–Trinajstić information content (AvgIpc) is 2.99. The number of halogens is 4. The number of para-hydroxylation sites is 1. The Balaban J connectivity index is 0.00000261. The number of carbonyl (C=O) groups is 1. The normalized spacial score (nSPS) is 10.9. The van der Waals surface area contributed by atoms with Gasteiger partial charge in [-0.2, -0.15) is 0 Å². The molecule has 1 aromatic heterocycles. The third-order valence-electron chi connectivity index (χ3n) is 3.71. The fourth-order valence-electron chi connectivity index (χ4n) is 2.44. The van der Waals surface area contributed by atoms with Crippen molar-refractivity contribution < 1.29 is 9.18 Å². The van der Waals surface area contributed by atoms with E-state index in [0.29, 0.717) is 38.5 Å². The lowest BCUT2D eigenvalue weighted by Gasteiger charge is -2.22. The summed E-state index contributed by atoms with van der Waals surface area (Å²) in [6.07, 6.45) is 0. The topological polar surface area (TPSA) is 36.4 Å². The molecule has 0 N–H and O–H groups in total. The van der Waals surface area contributed by atoms with Gasteiger partial charge in [0.05, 0.1) is 4.70 Å². The van der Waals surface area contributed by atoms with Crippen LogP contribution >= 0.6 is 46.9 Å². The predicted octanol–water partition coefficient (Wildman–Crippen LogP) is 5.37. The Bertz CT molecular complexity index is 944. The van der Waals surface area contributed by atoms with E-state index >= 15 is 0 Å². The summed E-state index contributed by atoms with van der Waals surface area (Å²) in [7, 11) is 3.83. The summed E-state index contributed by atoms with van der Waals surface area (Å²) >= 11 is 13.3. The van der Waals surface area contributed by atoms with Gasteiger partial charge in [0.1, 0.15) is 11.3 Å². The summed E-state index contributed by atoms with van der Waals surface area (Å²) in [4.78, 5) is 20.9. The van der Waals surface area contributed by atoms with Crippen LogP contribution in [-0.2, 0) is 0 Å². The van der Waals surface area contributed by atoms with Crippen molar-refractivity contribution in [2.75, 3.05) is 32.1 Å². The van der Waals surface area contributed by atoms with Gasteiger partial charge in [-0.3, -0.25) is 9.69 Å². The van der Waals surface area contributed by atoms with Crippen LogP contribution in [0.15, 0.2) is 36.4 Å². The molecule has 4 nitrogen and oxygen atoms in total. The lowest BCUT2D eigenvalue weighted by atomic mass is 10.2. The second-order valence-electron chi connectivity index (χ2n) is 6.00. The average molecular weight is 449 g/mol. The molecule has 0 spiro atoms. The highest BCUT2D eigenvalue weighted by Crippen LogP contribution is 2.31. The van der Waals surface area contributed by atoms with E-state index in [4.69, 9.17) is 23.2 Å². The minimum Gasteiger partial charge on any atom is -0.308 e. The quantitative estimate of drug-likeness (QED) is 0.526.